The SMILES string of the molecule is Cc1cccc(C)c1CC(N)C(C)C1CC1. The number of rotatable bonds is 4. The van der Waals surface area contributed by atoms with E-state index in [0.717, 1.165) is 12.3 Å². The molecule has 0 radical (unpaired) electrons. The monoisotopic (exact) mass is 217 g/mol. The van der Waals surface area contributed by atoms with Crippen LogP contribution in [0.3, 0.4) is 0 Å². The van der Waals surface area contributed by atoms with Crippen LogP contribution in [0, 0.1) is 25.7 Å². The Bertz CT molecular complexity index is 345. The van der Waals surface area contributed by atoms with Crippen molar-refractivity contribution in [1.82, 2.24) is 0 Å². The molecular weight excluding hydrogens is 194 g/mol. The van der Waals surface area contributed by atoms with Crippen molar-refractivity contribution in [3.8, 4) is 0 Å². The van der Waals surface area contributed by atoms with Crippen molar-refractivity contribution in [2.24, 2.45) is 17.6 Å². The molecule has 2 unspecified atom stereocenters. The second kappa shape index (κ2) is 4.58. The third-order valence-corrected chi connectivity index (χ3v) is 4.13. The van der Waals surface area contributed by atoms with Gasteiger partial charge in [-0.1, -0.05) is 25.1 Å². The summed E-state index contributed by atoms with van der Waals surface area (Å²) >= 11 is 0. The number of hydrogen-bond donors (Lipinski definition) is 1. The van der Waals surface area contributed by atoms with Gasteiger partial charge in [-0.15, -0.1) is 0 Å². The number of nitrogens with two attached hydrogens (primary N) is 1. The fourth-order valence-electron chi connectivity index (χ4n) is 2.56. The van der Waals surface area contributed by atoms with Gasteiger partial charge in [0, 0.05) is 6.04 Å². The van der Waals surface area contributed by atoms with E-state index in [-0.39, 0.29) is 0 Å². The Hall–Kier alpha value is -0.820. The lowest BCUT2D eigenvalue weighted by molar-refractivity contribution is 0.403. The van der Waals surface area contributed by atoms with Crippen LogP contribution in [0.15, 0.2) is 18.2 Å². The highest BCUT2D eigenvalue weighted by molar-refractivity contribution is 5.34. The molecule has 1 heteroatoms. The Morgan fingerprint density at radius 1 is 1.25 bits per heavy atom. The molecule has 2 N–H and O–H groups in total. The quantitative estimate of drug-likeness (QED) is 0.823. The highest BCUT2D eigenvalue weighted by Gasteiger charge is 2.31. The summed E-state index contributed by atoms with van der Waals surface area (Å²) in [5, 5.41) is 0. The minimum Gasteiger partial charge on any atom is -0.327 e. The maximum absolute atomic E-state index is 6.33. The molecule has 0 spiro atoms. The van der Waals surface area contributed by atoms with Gasteiger partial charge in [-0.05, 0) is 61.6 Å². The molecule has 0 amide bonds. The molecule has 16 heavy (non-hydrogen) atoms. The zero-order valence-electron chi connectivity index (χ0n) is 10.7. The van der Waals surface area contributed by atoms with E-state index in [2.05, 4.69) is 39.0 Å². The van der Waals surface area contributed by atoms with Crippen LogP contribution in [0.4, 0.5) is 0 Å². The summed E-state index contributed by atoms with van der Waals surface area (Å²) in [5.74, 6) is 1.58. The topological polar surface area (TPSA) is 26.0 Å². The van der Waals surface area contributed by atoms with E-state index in [1.54, 1.807) is 0 Å². The van der Waals surface area contributed by atoms with Gasteiger partial charge < -0.3 is 5.73 Å². The van der Waals surface area contributed by atoms with Gasteiger partial charge in [0.1, 0.15) is 0 Å². The second-order valence-electron chi connectivity index (χ2n) is 5.43. The summed E-state index contributed by atoms with van der Waals surface area (Å²) in [5.41, 5.74) is 10.6. The molecule has 2 atom stereocenters. The number of hydrogen-bond acceptors (Lipinski definition) is 1. The molecule has 0 saturated heterocycles. The van der Waals surface area contributed by atoms with Crippen LogP contribution in [-0.2, 0) is 6.42 Å². The second-order valence-corrected chi connectivity index (χ2v) is 5.43. The Labute approximate surface area is 99.0 Å². The van der Waals surface area contributed by atoms with E-state index in [1.165, 1.54) is 29.5 Å². The third kappa shape index (κ3) is 2.46. The van der Waals surface area contributed by atoms with Gasteiger partial charge in [0.2, 0.25) is 0 Å². The average Bonchev–Trinajstić information content (AvgIpc) is 3.06. The van der Waals surface area contributed by atoms with Crippen LogP contribution >= 0.6 is 0 Å². The van der Waals surface area contributed by atoms with Gasteiger partial charge in [-0.2, -0.15) is 0 Å². The first-order valence-electron chi connectivity index (χ1n) is 6.40. The van der Waals surface area contributed by atoms with Crippen LogP contribution < -0.4 is 5.73 Å². The van der Waals surface area contributed by atoms with Gasteiger partial charge in [-0.3, -0.25) is 0 Å². The number of benzene rings is 1. The van der Waals surface area contributed by atoms with Crippen molar-refractivity contribution >= 4 is 0 Å². The molecule has 0 aromatic heterocycles. The highest BCUT2D eigenvalue weighted by atomic mass is 14.7. The van der Waals surface area contributed by atoms with Gasteiger partial charge in [0.25, 0.3) is 0 Å². The van der Waals surface area contributed by atoms with Crippen LogP contribution in [0.2, 0.25) is 0 Å². The Morgan fingerprint density at radius 2 is 1.81 bits per heavy atom. The van der Waals surface area contributed by atoms with E-state index in [4.69, 9.17) is 5.73 Å². The molecule has 1 aromatic carbocycles. The minimum atomic E-state index is 0.326. The van der Waals surface area contributed by atoms with Crippen LogP contribution in [-0.4, -0.2) is 6.04 Å². The van der Waals surface area contributed by atoms with E-state index in [0.29, 0.717) is 12.0 Å². The Balaban J connectivity index is 2.07. The number of aryl methyl sites for hydroxylation is 2. The van der Waals surface area contributed by atoms with Crippen molar-refractivity contribution in [3.05, 3.63) is 34.9 Å². The van der Waals surface area contributed by atoms with Gasteiger partial charge in [0.05, 0.1) is 0 Å². The fourth-order valence-corrected chi connectivity index (χ4v) is 2.56. The van der Waals surface area contributed by atoms with E-state index >= 15 is 0 Å². The largest absolute Gasteiger partial charge is 0.327 e. The molecular formula is C15H23N. The predicted octanol–water partition coefficient (Wildman–Crippen LogP) is 3.22. The van der Waals surface area contributed by atoms with Crippen molar-refractivity contribution in [1.29, 1.82) is 0 Å². The first kappa shape index (κ1) is 11.7. The summed E-state index contributed by atoms with van der Waals surface area (Å²) in [6, 6.07) is 6.84. The van der Waals surface area contributed by atoms with E-state index in [1.807, 2.05) is 0 Å². The molecule has 1 saturated carbocycles. The molecule has 1 aliphatic rings. The van der Waals surface area contributed by atoms with Crippen molar-refractivity contribution < 1.29 is 0 Å². The lowest BCUT2D eigenvalue weighted by Crippen LogP contribution is -2.32. The molecule has 1 fully saturated rings. The molecule has 1 nitrogen and oxygen atoms in total. The lowest BCUT2D eigenvalue weighted by Gasteiger charge is -2.21. The fraction of sp³-hybridized carbons (Fsp3) is 0.600. The van der Waals surface area contributed by atoms with Crippen molar-refractivity contribution in [2.45, 2.75) is 46.1 Å². The van der Waals surface area contributed by atoms with Gasteiger partial charge in [0.15, 0.2) is 0 Å². The summed E-state index contributed by atoms with van der Waals surface area (Å²) in [4.78, 5) is 0. The summed E-state index contributed by atoms with van der Waals surface area (Å²) in [6.45, 7) is 6.70. The average molecular weight is 217 g/mol. The molecule has 1 aliphatic carbocycles. The predicted molar refractivity (Wildman–Crippen MR) is 69.5 cm³/mol. The lowest BCUT2D eigenvalue weighted by atomic mass is 9.89. The summed E-state index contributed by atoms with van der Waals surface area (Å²) in [6.07, 6.45) is 3.82. The van der Waals surface area contributed by atoms with Crippen molar-refractivity contribution in [3.63, 3.8) is 0 Å². The van der Waals surface area contributed by atoms with Gasteiger partial charge in [-0.25, -0.2) is 0 Å². The zero-order valence-corrected chi connectivity index (χ0v) is 10.7. The molecule has 0 heterocycles. The molecule has 0 aliphatic heterocycles. The van der Waals surface area contributed by atoms with E-state index < -0.39 is 0 Å². The minimum absolute atomic E-state index is 0.326. The molecule has 88 valence electrons. The molecule has 2 rings (SSSR count). The Kier molecular flexibility index (Phi) is 3.34. The van der Waals surface area contributed by atoms with Crippen LogP contribution in [0.25, 0.3) is 0 Å². The maximum atomic E-state index is 6.33. The van der Waals surface area contributed by atoms with Gasteiger partial charge >= 0.3 is 0 Å². The summed E-state index contributed by atoms with van der Waals surface area (Å²) in [7, 11) is 0. The normalized spacial score (nSPS) is 19.5. The first-order chi connectivity index (χ1) is 7.59. The maximum Gasteiger partial charge on any atom is 0.0108 e. The third-order valence-electron chi connectivity index (χ3n) is 4.13. The van der Waals surface area contributed by atoms with Crippen molar-refractivity contribution in [2.75, 3.05) is 0 Å². The van der Waals surface area contributed by atoms with Crippen LogP contribution in [0.1, 0.15) is 36.5 Å². The standard InChI is InChI=1S/C15H23N/c1-10-5-4-6-11(2)14(10)9-15(16)12(3)13-7-8-13/h4-6,12-13,15H,7-9,16H2,1-3H3. The smallest absolute Gasteiger partial charge is 0.0108 e. The molecule has 0 bridgehead atoms. The summed E-state index contributed by atoms with van der Waals surface area (Å²) < 4.78 is 0. The molecule has 1 aromatic rings. The van der Waals surface area contributed by atoms with Crippen LogP contribution in [0.5, 0.6) is 0 Å². The van der Waals surface area contributed by atoms with E-state index in [9.17, 15) is 0 Å². The zero-order chi connectivity index (χ0) is 11.7. The highest BCUT2D eigenvalue weighted by Crippen LogP contribution is 2.38. The first-order valence-corrected chi connectivity index (χ1v) is 6.40. The Morgan fingerprint density at radius 3 is 2.31 bits per heavy atom.